The Morgan fingerprint density at radius 3 is 2.59 bits per heavy atom. The minimum atomic E-state index is -0.215. The van der Waals surface area contributed by atoms with E-state index < -0.39 is 0 Å². The fourth-order valence-corrected chi connectivity index (χ4v) is 3.22. The van der Waals surface area contributed by atoms with Crippen molar-refractivity contribution < 1.29 is 24.1 Å². The van der Waals surface area contributed by atoms with Crippen molar-refractivity contribution in [2.75, 3.05) is 28.3 Å². The number of hydrogen-bond donors (Lipinski definition) is 1. The van der Waals surface area contributed by atoms with Crippen LogP contribution in [0.3, 0.4) is 0 Å². The molecule has 6 heteroatoms. The molecule has 0 unspecified atom stereocenters. The Bertz CT molecular complexity index is 931. The molecule has 0 spiro atoms. The van der Waals surface area contributed by atoms with Crippen LogP contribution in [0, 0.1) is 6.92 Å². The van der Waals surface area contributed by atoms with Crippen LogP contribution in [0.5, 0.6) is 23.0 Å². The van der Waals surface area contributed by atoms with Gasteiger partial charge in [-0.3, -0.25) is 4.79 Å². The number of carbonyl (C=O) groups is 1. The molecule has 1 aliphatic rings. The molecule has 0 fully saturated rings. The van der Waals surface area contributed by atoms with Gasteiger partial charge in [0, 0.05) is 12.1 Å². The molecular weight excluding hydrogens is 346 g/mol. The summed E-state index contributed by atoms with van der Waals surface area (Å²) in [6, 6.07) is 7.02. The second kappa shape index (κ2) is 7.32. The molecule has 0 bridgehead atoms. The molecule has 0 aromatic heterocycles. The Labute approximate surface area is 158 Å². The number of ketones is 1. The molecule has 27 heavy (non-hydrogen) atoms. The van der Waals surface area contributed by atoms with Gasteiger partial charge in [-0.25, -0.2) is 0 Å². The summed E-state index contributed by atoms with van der Waals surface area (Å²) < 4.78 is 16.7. The number of methoxy groups -OCH3 is 2. The van der Waals surface area contributed by atoms with Crippen molar-refractivity contribution in [3.63, 3.8) is 0 Å². The second-order valence-corrected chi connectivity index (χ2v) is 6.66. The predicted octanol–water partition coefficient (Wildman–Crippen LogP) is 3.40. The third kappa shape index (κ3) is 3.36. The van der Waals surface area contributed by atoms with Crippen LogP contribution in [-0.2, 0) is 6.54 Å². The number of Topliss-reactive ketones (excluding diaryl/α,β-unsaturated/α-hetero) is 1. The number of ether oxygens (including phenoxy) is 3. The van der Waals surface area contributed by atoms with Crippen LogP contribution in [0.2, 0.25) is 0 Å². The summed E-state index contributed by atoms with van der Waals surface area (Å²) in [5.41, 5.74) is 2.42. The average molecular weight is 369 g/mol. The number of aryl methyl sites for hydroxylation is 1. The molecular formula is C21H23NO5. The van der Waals surface area contributed by atoms with E-state index in [0.29, 0.717) is 46.0 Å². The molecule has 6 nitrogen and oxygen atoms in total. The summed E-state index contributed by atoms with van der Waals surface area (Å²) in [5.74, 6) is 1.59. The van der Waals surface area contributed by atoms with Crippen molar-refractivity contribution in [3.8, 4) is 23.0 Å². The lowest BCUT2D eigenvalue weighted by atomic mass is 9.99. The van der Waals surface area contributed by atoms with Crippen molar-refractivity contribution in [3.05, 3.63) is 52.3 Å². The Hall–Kier alpha value is -2.99. The quantitative estimate of drug-likeness (QED) is 0.815. The summed E-state index contributed by atoms with van der Waals surface area (Å²) in [7, 11) is 6.88. The molecule has 0 aliphatic carbocycles. The SMILES string of the molecule is COc1cccc(/C=C2\Oc3c(CN(C)C)c(O)cc(C)c3C2=O)c1OC. The zero-order valence-corrected chi connectivity index (χ0v) is 16.1. The number of carbonyl (C=O) groups excluding carboxylic acids is 1. The van der Waals surface area contributed by atoms with Crippen LogP contribution in [0.25, 0.3) is 6.08 Å². The molecule has 1 heterocycles. The Kier molecular flexibility index (Phi) is 5.10. The van der Waals surface area contributed by atoms with Crippen LogP contribution in [0.4, 0.5) is 0 Å². The highest BCUT2D eigenvalue weighted by Crippen LogP contribution is 2.43. The zero-order chi connectivity index (χ0) is 19.7. The van der Waals surface area contributed by atoms with Crippen LogP contribution >= 0.6 is 0 Å². The summed E-state index contributed by atoms with van der Waals surface area (Å²) in [6.45, 7) is 2.24. The molecule has 1 N–H and O–H groups in total. The number of rotatable bonds is 5. The van der Waals surface area contributed by atoms with Crippen LogP contribution in [-0.4, -0.2) is 44.1 Å². The first-order valence-electron chi connectivity index (χ1n) is 8.52. The highest BCUT2D eigenvalue weighted by Gasteiger charge is 2.33. The standard InChI is InChI=1S/C21H23NO5/c1-12-9-15(23)14(11-22(2)3)21-18(12)19(24)17(27-21)10-13-7-6-8-16(25-4)20(13)26-5/h6-10,23H,11H2,1-5H3/b17-10-. The number of phenols is 1. The van der Waals surface area contributed by atoms with Gasteiger partial charge < -0.3 is 24.2 Å². The van der Waals surface area contributed by atoms with Crippen LogP contribution in [0.15, 0.2) is 30.0 Å². The first kappa shape index (κ1) is 18.8. The van der Waals surface area contributed by atoms with Gasteiger partial charge >= 0.3 is 0 Å². The lowest BCUT2D eigenvalue weighted by Gasteiger charge is -2.15. The monoisotopic (exact) mass is 369 g/mol. The number of hydrogen-bond acceptors (Lipinski definition) is 6. The maximum atomic E-state index is 13.0. The van der Waals surface area contributed by atoms with E-state index in [0.717, 1.165) is 0 Å². The first-order valence-corrected chi connectivity index (χ1v) is 8.52. The lowest BCUT2D eigenvalue weighted by molar-refractivity contribution is 0.101. The summed E-state index contributed by atoms with van der Waals surface area (Å²) in [6.07, 6.45) is 1.64. The molecule has 142 valence electrons. The molecule has 0 saturated heterocycles. The topological polar surface area (TPSA) is 68.2 Å². The molecule has 3 rings (SSSR count). The number of fused-ring (bicyclic) bond motifs is 1. The fraction of sp³-hybridized carbons (Fsp3) is 0.286. The second-order valence-electron chi connectivity index (χ2n) is 6.66. The Balaban J connectivity index is 2.10. The first-order chi connectivity index (χ1) is 12.9. The number of nitrogens with zero attached hydrogens (tertiary/aromatic N) is 1. The van der Waals surface area contributed by atoms with Gasteiger partial charge in [-0.15, -0.1) is 0 Å². The van der Waals surface area contributed by atoms with Gasteiger partial charge in [0.05, 0.1) is 25.3 Å². The van der Waals surface area contributed by atoms with Gasteiger partial charge in [-0.1, -0.05) is 12.1 Å². The lowest BCUT2D eigenvalue weighted by Crippen LogP contribution is -2.12. The molecule has 2 aromatic carbocycles. The van der Waals surface area contributed by atoms with E-state index in [4.69, 9.17) is 14.2 Å². The van der Waals surface area contributed by atoms with Gasteiger partial charge in [-0.2, -0.15) is 0 Å². The minimum absolute atomic E-state index is 0.118. The van der Waals surface area contributed by atoms with E-state index in [1.54, 1.807) is 39.4 Å². The smallest absolute Gasteiger partial charge is 0.232 e. The minimum Gasteiger partial charge on any atom is -0.507 e. The number of phenolic OH excluding ortho intramolecular Hbond substituents is 1. The van der Waals surface area contributed by atoms with Crippen LogP contribution in [0.1, 0.15) is 27.0 Å². The van der Waals surface area contributed by atoms with Crippen molar-refractivity contribution in [2.24, 2.45) is 0 Å². The highest BCUT2D eigenvalue weighted by atomic mass is 16.5. The van der Waals surface area contributed by atoms with E-state index in [-0.39, 0.29) is 17.3 Å². The third-order valence-electron chi connectivity index (χ3n) is 4.42. The maximum absolute atomic E-state index is 13.0. The van der Waals surface area contributed by atoms with Crippen molar-refractivity contribution in [1.29, 1.82) is 0 Å². The van der Waals surface area contributed by atoms with Crippen molar-refractivity contribution in [2.45, 2.75) is 13.5 Å². The van der Waals surface area contributed by atoms with E-state index in [1.165, 1.54) is 0 Å². The number of benzene rings is 2. The largest absolute Gasteiger partial charge is 0.507 e. The van der Waals surface area contributed by atoms with E-state index in [9.17, 15) is 9.90 Å². The molecule has 2 aromatic rings. The Morgan fingerprint density at radius 1 is 1.22 bits per heavy atom. The highest BCUT2D eigenvalue weighted by molar-refractivity contribution is 6.16. The van der Waals surface area contributed by atoms with Crippen molar-refractivity contribution >= 4 is 11.9 Å². The van der Waals surface area contributed by atoms with E-state index in [1.807, 2.05) is 31.1 Å². The summed E-state index contributed by atoms with van der Waals surface area (Å²) in [4.78, 5) is 14.9. The van der Waals surface area contributed by atoms with E-state index >= 15 is 0 Å². The van der Waals surface area contributed by atoms with Gasteiger partial charge in [0.2, 0.25) is 5.78 Å². The number of para-hydroxylation sites is 1. The van der Waals surface area contributed by atoms with Crippen LogP contribution < -0.4 is 14.2 Å². The molecule has 1 aliphatic heterocycles. The normalized spacial score (nSPS) is 14.4. The van der Waals surface area contributed by atoms with Gasteiger partial charge in [0.1, 0.15) is 11.5 Å². The van der Waals surface area contributed by atoms with Crippen molar-refractivity contribution in [1.82, 2.24) is 4.90 Å². The predicted molar refractivity (Wildman–Crippen MR) is 103 cm³/mol. The van der Waals surface area contributed by atoms with E-state index in [2.05, 4.69) is 0 Å². The van der Waals surface area contributed by atoms with Gasteiger partial charge in [-0.05, 0) is 44.8 Å². The molecule has 0 amide bonds. The zero-order valence-electron chi connectivity index (χ0n) is 16.1. The molecule has 0 radical (unpaired) electrons. The number of allylic oxidation sites excluding steroid dienone is 1. The fourth-order valence-electron chi connectivity index (χ4n) is 3.22. The summed E-state index contributed by atoms with van der Waals surface area (Å²) >= 11 is 0. The Morgan fingerprint density at radius 2 is 1.96 bits per heavy atom. The molecule has 0 saturated carbocycles. The van der Waals surface area contributed by atoms with Gasteiger partial charge in [0.15, 0.2) is 17.3 Å². The number of aromatic hydroxyl groups is 1. The third-order valence-corrected chi connectivity index (χ3v) is 4.42. The average Bonchev–Trinajstić information content (AvgIpc) is 2.95. The summed E-state index contributed by atoms with van der Waals surface area (Å²) in [5, 5.41) is 10.3. The van der Waals surface area contributed by atoms with Gasteiger partial charge in [0.25, 0.3) is 0 Å². The molecule has 0 atom stereocenters. The maximum Gasteiger partial charge on any atom is 0.232 e.